The van der Waals surface area contributed by atoms with Crippen LogP contribution in [0, 0.1) is 0 Å². The van der Waals surface area contributed by atoms with Crippen LogP contribution in [0.25, 0.3) is 10.8 Å². The molecule has 150 valence electrons. The molecular formula is C22H22ClN3O3. The molecule has 29 heavy (non-hydrogen) atoms. The minimum Gasteiger partial charge on any atom is -0.349 e. The molecule has 0 aromatic heterocycles. The number of halogens is 1. The summed E-state index contributed by atoms with van der Waals surface area (Å²) in [4.78, 5) is 37.2. The SMILES string of the molecule is Cl.NCCCNC(=O)C(=O)c1ccccc1NC(=O)c1ccc2ccccc2c1. The zero-order valence-corrected chi connectivity index (χ0v) is 16.5. The summed E-state index contributed by atoms with van der Waals surface area (Å²) in [7, 11) is 0. The number of nitrogens with one attached hydrogen (secondary N) is 2. The number of rotatable bonds is 7. The number of ketones is 1. The predicted molar refractivity (Wildman–Crippen MR) is 117 cm³/mol. The lowest BCUT2D eigenvalue weighted by molar-refractivity contribution is -0.117. The predicted octanol–water partition coefficient (Wildman–Crippen LogP) is 3.16. The van der Waals surface area contributed by atoms with Gasteiger partial charge in [-0.25, -0.2) is 0 Å². The van der Waals surface area contributed by atoms with Crippen molar-refractivity contribution in [3.05, 3.63) is 77.9 Å². The van der Waals surface area contributed by atoms with E-state index in [1.54, 1.807) is 30.3 Å². The summed E-state index contributed by atoms with van der Waals surface area (Å²) in [5.74, 6) is -1.78. The quantitative estimate of drug-likeness (QED) is 0.316. The fraction of sp³-hybridized carbons (Fsp3) is 0.136. The molecule has 7 heteroatoms. The van der Waals surface area contributed by atoms with Crippen LogP contribution in [0.15, 0.2) is 66.7 Å². The van der Waals surface area contributed by atoms with Crippen molar-refractivity contribution in [2.75, 3.05) is 18.4 Å². The standard InChI is InChI=1S/C22H21N3O3.ClH/c23-12-5-13-24-22(28)20(26)18-8-3-4-9-19(18)25-21(27)17-11-10-15-6-1-2-7-16(15)14-17;/h1-4,6-11,14H,5,12-13,23H2,(H,24,28)(H,25,27);1H. The lowest BCUT2D eigenvalue weighted by Gasteiger charge is -2.11. The van der Waals surface area contributed by atoms with Crippen LogP contribution in [0.4, 0.5) is 5.69 Å². The molecular weight excluding hydrogens is 390 g/mol. The van der Waals surface area contributed by atoms with Crippen molar-refractivity contribution < 1.29 is 14.4 Å². The summed E-state index contributed by atoms with van der Waals surface area (Å²) in [5, 5.41) is 7.24. The number of para-hydroxylation sites is 1. The first kappa shape index (κ1) is 22.1. The molecule has 0 heterocycles. The molecule has 3 rings (SSSR count). The van der Waals surface area contributed by atoms with Crippen LogP contribution in [-0.4, -0.2) is 30.7 Å². The van der Waals surface area contributed by atoms with E-state index in [2.05, 4.69) is 10.6 Å². The van der Waals surface area contributed by atoms with Gasteiger partial charge in [-0.2, -0.15) is 0 Å². The van der Waals surface area contributed by atoms with Gasteiger partial charge in [-0.15, -0.1) is 12.4 Å². The summed E-state index contributed by atoms with van der Waals surface area (Å²) in [5.41, 5.74) is 6.29. The first-order valence-corrected chi connectivity index (χ1v) is 9.02. The monoisotopic (exact) mass is 411 g/mol. The molecule has 0 aliphatic carbocycles. The van der Waals surface area contributed by atoms with Crippen molar-refractivity contribution in [1.29, 1.82) is 0 Å². The highest BCUT2D eigenvalue weighted by Crippen LogP contribution is 2.19. The third kappa shape index (κ3) is 5.40. The van der Waals surface area contributed by atoms with Crippen molar-refractivity contribution in [3.63, 3.8) is 0 Å². The first-order chi connectivity index (χ1) is 13.6. The minimum atomic E-state index is -0.721. The summed E-state index contributed by atoms with van der Waals surface area (Å²) < 4.78 is 0. The van der Waals surface area contributed by atoms with Crippen molar-refractivity contribution in [3.8, 4) is 0 Å². The van der Waals surface area contributed by atoms with Crippen LogP contribution < -0.4 is 16.4 Å². The van der Waals surface area contributed by atoms with Gasteiger partial charge >= 0.3 is 0 Å². The lowest BCUT2D eigenvalue weighted by Crippen LogP contribution is -2.33. The number of hydrogen-bond acceptors (Lipinski definition) is 4. The third-order valence-corrected chi connectivity index (χ3v) is 4.30. The molecule has 0 saturated carbocycles. The van der Waals surface area contributed by atoms with E-state index in [1.165, 1.54) is 6.07 Å². The molecule has 6 nitrogen and oxygen atoms in total. The molecule has 0 atom stereocenters. The van der Waals surface area contributed by atoms with Gasteiger partial charge in [0, 0.05) is 12.1 Å². The number of amides is 2. The zero-order valence-electron chi connectivity index (χ0n) is 15.7. The van der Waals surface area contributed by atoms with Gasteiger partial charge in [-0.1, -0.05) is 42.5 Å². The second kappa shape index (κ2) is 10.4. The molecule has 3 aromatic rings. The number of hydrogen-bond donors (Lipinski definition) is 3. The highest BCUT2D eigenvalue weighted by molar-refractivity contribution is 6.44. The first-order valence-electron chi connectivity index (χ1n) is 9.02. The topological polar surface area (TPSA) is 101 Å². The molecule has 0 spiro atoms. The Morgan fingerprint density at radius 1 is 0.862 bits per heavy atom. The molecule has 2 amide bonds. The summed E-state index contributed by atoms with van der Waals surface area (Å²) >= 11 is 0. The smallest absolute Gasteiger partial charge is 0.292 e. The number of nitrogens with two attached hydrogens (primary N) is 1. The van der Waals surface area contributed by atoms with E-state index >= 15 is 0 Å². The molecule has 0 aliphatic rings. The van der Waals surface area contributed by atoms with E-state index < -0.39 is 11.7 Å². The van der Waals surface area contributed by atoms with Crippen molar-refractivity contribution in [2.24, 2.45) is 5.73 Å². The zero-order chi connectivity index (χ0) is 19.9. The van der Waals surface area contributed by atoms with Gasteiger partial charge in [0.2, 0.25) is 0 Å². The average Bonchev–Trinajstić information content (AvgIpc) is 2.73. The van der Waals surface area contributed by atoms with Gasteiger partial charge in [0.1, 0.15) is 0 Å². The second-order valence-electron chi connectivity index (χ2n) is 6.29. The highest BCUT2D eigenvalue weighted by Gasteiger charge is 2.20. The molecule has 0 fully saturated rings. The van der Waals surface area contributed by atoms with Gasteiger partial charge in [-0.05, 0) is 48.0 Å². The van der Waals surface area contributed by atoms with Crippen molar-refractivity contribution in [2.45, 2.75) is 6.42 Å². The largest absolute Gasteiger partial charge is 0.349 e. The molecule has 0 radical (unpaired) electrons. The Morgan fingerprint density at radius 3 is 2.31 bits per heavy atom. The van der Waals surface area contributed by atoms with E-state index in [0.29, 0.717) is 30.8 Å². The van der Waals surface area contributed by atoms with Gasteiger partial charge in [0.15, 0.2) is 0 Å². The molecule has 4 N–H and O–H groups in total. The fourth-order valence-electron chi connectivity index (χ4n) is 2.82. The number of carbonyl (C=O) groups is 3. The number of anilines is 1. The van der Waals surface area contributed by atoms with Gasteiger partial charge in [0.25, 0.3) is 17.6 Å². The molecule has 3 aromatic carbocycles. The van der Waals surface area contributed by atoms with Crippen LogP contribution in [0.2, 0.25) is 0 Å². The number of benzene rings is 3. The number of fused-ring (bicyclic) bond motifs is 1. The normalized spacial score (nSPS) is 10.1. The van der Waals surface area contributed by atoms with E-state index in [1.807, 2.05) is 30.3 Å². The maximum atomic E-state index is 12.7. The highest BCUT2D eigenvalue weighted by atomic mass is 35.5. The maximum Gasteiger partial charge on any atom is 0.292 e. The Labute approximate surface area is 174 Å². The van der Waals surface area contributed by atoms with Crippen molar-refractivity contribution in [1.82, 2.24) is 5.32 Å². The Kier molecular flexibility index (Phi) is 7.88. The van der Waals surface area contributed by atoms with Crippen LogP contribution in [-0.2, 0) is 4.79 Å². The Morgan fingerprint density at radius 2 is 1.55 bits per heavy atom. The molecule has 0 saturated heterocycles. The number of Topliss-reactive ketones (excluding diaryl/α,β-unsaturated/α-hetero) is 1. The van der Waals surface area contributed by atoms with E-state index in [0.717, 1.165) is 10.8 Å². The average molecular weight is 412 g/mol. The summed E-state index contributed by atoms with van der Waals surface area (Å²) in [6.07, 6.45) is 0.583. The fourth-order valence-corrected chi connectivity index (χ4v) is 2.82. The Bertz CT molecular complexity index is 1040. The van der Waals surface area contributed by atoms with Crippen molar-refractivity contribution >= 4 is 46.5 Å². The Balaban J connectivity index is 0.00000300. The second-order valence-corrected chi connectivity index (χ2v) is 6.29. The summed E-state index contributed by atoms with van der Waals surface area (Å²) in [6, 6.07) is 19.6. The van der Waals surface area contributed by atoms with Gasteiger partial charge in [0.05, 0.1) is 11.3 Å². The van der Waals surface area contributed by atoms with Crippen LogP contribution >= 0.6 is 12.4 Å². The van der Waals surface area contributed by atoms with Gasteiger partial charge < -0.3 is 16.4 Å². The van der Waals surface area contributed by atoms with Crippen LogP contribution in [0.1, 0.15) is 27.1 Å². The van der Waals surface area contributed by atoms with Crippen LogP contribution in [0.5, 0.6) is 0 Å². The molecule has 0 bridgehead atoms. The Hall–Kier alpha value is -3.22. The molecule has 0 aliphatic heterocycles. The van der Waals surface area contributed by atoms with E-state index in [4.69, 9.17) is 5.73 Å². The van der Waals surface area contributed by atoms with E-state index in [9.17, 15) is 14.4 Å². The third-order valence-electron chi connectivity index (χ3n) is 4.30. The maximum absolute atomic E-state index is 12.7. The summed E-state index contributed by atoms with van der Waals surface area (Å²) in [6.45, 7) is 0.750. The lowest BCUT2D eigenvalue weighted by atomic mass is 10.1. The van der Waals surface area contributed by atoms with E-state index in [-0.39, 0.29) is 23.9 Å². The molecule has 0 unspecified atom stereocenters. The number of carbonyl (C=O) groups excluding carboxylic acids is 3. The minimum absolute atomic E-state index is 0. The van der Waals surface area contributed by atoms with Gasteiger partial charge in [-0.3, -0.25) is 14.4 Å². The van der Waals surface area contributed by atoms with Crippen LogP contribution in [0.3, 0.4) is 0 Å².